The van der Waals surface area contributed by atoms with Gasteiger partial charge in [0.2, 0.25) is 0 Å². The van der Waals surface area contributed by atoms with Crippen LogP contribution in [0, 0.1) is 0 Å². The van der Waals surface area contributed by atoms with Gasteiger partial charge in [0, 0.05) is 6.42 Å². The minimum atomic E-state index is -3.30. The van der Waals surface area contributed by atoms with Gasteiger partial charge in [-0.15, -0.1) is 0 Å². The topological polar surface area (TPSA) is 77.5 Å². The van der Waals surface area contributed by atoms with Crippen LogP contribution in [0.2, 0.25) is 0 Å². The van der Waals surface area contributed by atoms with E-state index in [0.717, 1.165) is 0 Å². The van der Waals surface area contributed by atoms with Gasteiger partial charge in [0.25, 0.3) is 0 Å². The molecule has 5 nitrogen and oxygen atoms in total. The lowest BCUT2D eigenvalue weighted by atomic mass is 10.4. The Bertz CT molecular complexity index is 304. The van der Waals surface area contributed by atoms with Crippen molar-refractivity contribution in [2.75, 3.05) is 18.6 Å². The fourth-order valence-electron chi connectivity index (χ4n) is 0.742. The number of Topliss-reactive ketones (excluding diaryl/α,β-unsaturated/α-hetero) is 1. The van der Waals surface area contributed by atoms with Crippen LogP contribution in [-0.2, 0) is 24.2 Å². The number of rotatable bonds is 6. The highest BCUT2D eigenvalue weighted by Crippen LogP contribution is 1.98. The molecule has 0 saturated heterocycles. The molecule has 0 N–H and O–H groups in total. The first-order valence-electron chi connectivity index (χ1n) is 4.14. The quantitative estimate of drug-likeness (QED) is 0.588. The highest BCUT2D eigenvalue weighted by molar-refractivity contribution is 7.91. The Balaban J connectivity index is 3.96. The van der Waals surface area contributed by atoms with Crippen LogP contribution < -0.4 is 0 Å². The number of sulfone groups is 1. The summed E-state index contributed by atoms with van der Waals surface area (Å²) in [5.74, 6) is -1.19. The molecule has 6 heteroatoms. The van der Waals surface area contributed by atoms with E-state index >= 15 is 0 Å². The standard InChI is InChI=1S/C8H14O5S/c1-7(9)3-5-14(11,12)6-4-8(10)13-2/h3-6H2,1-2H3. The Kier molecular flexibility index (Phi) is 5.37. The Morgan fingerprint density at radius 2 is 1.64 bits per heavy atom. The molecule has 0 fully saturated rings. The lowest BCUT2D eigenvalue weighted by molar-refractivity contribution is -0.140. The van der Waals surface area contributed by atoms with Crippen molar-refractivity contribution in [1.82, 2.24) is 0 Å². The maximum Gasteiger partial charge on any atom is 0.306 e. The molecule has 82 valence electrons. The van der Waals surface area contributed by atoms with Gasteiger partial charge in [-0.05, 0) is 6.92 Å². The van der Waals surface area contributed by atoms with Crippen LogP contribution in [0.4, 0.5) is 0 Å². The second kappa shape index (κ2) is 5.74. The largest absolute Gasteiger partial charge is 0.469 e. The van der Waals surface area contributed by atoms with Gasteiger partial charge in [0.1, 0.15) is 5.78 Å². The predicted molar refractivity (Wildman–Crippen MR) is 50.6 cm³/mol. The van der Waals surface area contributed by atoms with E-state index in [1.165, 1.54) is 14.0 Å². The van der Waals surface area contributed by atoms with Gasteiger partial charge >= 0.3 is 5.97 Å². The zero-order valence-corrected chi connectivity index (χ0v) is 9.09. The second-order valence-electron chi connectivity index (χ2n) is 2.93. The lowest BCUT2D eigenvalue weighted by Crippen LogP contribution is -2.16. The third kappa shape index (κ3) is 6.59. The van der Waals surface area contributed by atoms with Crippen LogP contribution >= 0.6 is 0 Å². The molecule has 0 spiro atoms. The first-order valence-corrected chi connectivity index (χ1v) is 5.96. The second-order valence-corrected chi connectivity index (χ2v) is 5.23. The SMILES string of the molecule is COC(=O)CCS(=O)(=O)CCC(C)=O. The number of methoxy groups -OCH3 is 1. The summed E-state index contributed by atoms with van der Waals surface area (Å²) in [7, 11) is -2.10. The molecule has 14 heavy (non-hydrogen) atoms. The number of hydrogen-bond acceptors (Lipinski definition) is 5. The molecule has 0 unspecified atom stereocenters. The molecule has 0 aromatic carbocycles. The summed E-state index contributed by atoms with van der Waals surface area (Å²) in [5.41, 5.74) is 0. The number of ether oxygens (including phenoxy) is 1. The van der Waals surface area contributed by atoms with Gasteiger partial charge in [0.05, 0.1) is 25.0 Å². The first-order chi connectivity index (χ1) is 6.37. The third-order valence-electron chi connectivity index (χ3n) is 1.61. The van der Waals surface area contributed by atoms with E-state index < -0.39 is 15.8 Å². The molecule has 0 bridgehead atoms. The summed E-state index contributed by atoms with van der Waals surface area (Å²) in [6.45, 7) is 1.33. The molecule has 0 aliphatic heterocycles. The fourth-order valence-corrected chi connectivity index (χ4v) is 2.02. The summed E-state index contributed by atoms with van der Waals surface area (Å²) in [6.07, 6.45) is -0.153. The average molecular weight is 222 g/mol. The van der Waals surface area contributed by atoms with Crippen molar-refractivity contribution in [1.29, 1.82) is 0 Å². The van der Waals surface area contributed by atoms with Crippen molar-refractivity contribution < 1.29 is 22.7 Å². The lowest BCUT2D eigenvalue weighted by Gasteiger charge is -2.01. The molecular weight excluding hydrogens is 208 g/mol. The van der Waals surface area contributed by atoms with Crippen molar-refractivity contribution >= 4 is 21.6 Å². The van der Waals surface area contributed by atoms with Gasteiger partial charge in [-0.3, -0.25) is 9.59 Å². The monoisotopic (exact) mass is 222 g/mol. The van der Waals surface area contributed by atoms with E-state index in [0.29, 0.717) is 0 Å². The van der Waals surface area contributed by atoms with E-state index in [-0.39, 0.29) is 30.1 Å². The number of carbonyl (C=O) groups is 2. The van der Waals surface area contributed by atoms with Crippen molar-refractivity contribution in [3.05, 3.63) is 0 Å². The summed E-state index contributed by atoms with van der Waals surface area (Å²) < 4.78 is 26.7. The zero-order chi connectivity index (χ0) is 11.2. The van der Waals surface area contributed by atoms with Crippen molar-refractivity contribution in [2.45, 2.75) is 19.8 Å². The first kappa shape index (κ1) is 13.1. The van der Waals surface area contributed by atoms with Crippen LogP contribution in [0.5, 0.6) is 0 Å². The average Bonchev–Trinajstić information content (AvgIpc) is 2.11. The third-order valence-corrected chi connectivity index (χ3v) is 3.26. The number of carbonyl (C=O) groups excluding carboxylic acids is 2. The van der Waals surface area contributed by atoms with Crippen LogP contribution in [-0.4, -0.2) is 38.8 Å². The van der Waals surface area contributed by atoms with Crippen LogP contribution in [0.3, 0.4) is 0 Å². The van der Waals surface area contributed by atoms with E-state index in [1.54, 1.807) is 0 Å². The zero-order valence-electron chi connectivity index (χ0n) is 8.28. The molecule has 0 amide bonds. The maximum atomic E-state index is 11.2. The molecule has 0 aromatic rings. The van der Waals surface area contributed by atoms with Crippen LogP contribution in [0.1, 0.15) is 19.8 Å². The van der Waals surface area contributed by atoms with Crippen molar-refractivity contribution in [3.8, 4) is 0 Å². The molecule has 0 saturated carbocycles. The van der Waals surface area contributed by atoms with Crippen LogP contribution in [0.15, 0.2) is 0 Å². The molecule has 0 aromatic heterocycles. The molecular formula is C8H14O5S. The van der Waals surface area contributed by atoms with E-state index in [1.807, 2.05) is 0 Å². The Morgan fingerprint density at radius 1 is 1.14 bits per heavy atom. The molecule has 0 aliphatic rings. The minimum Gasteiger partial charge on any atom is -0.469 e. The Hall–Kier alpha value is -0.910. The maximum absolute atomic E-state index is 11.2. The van der Waals surface area contributed by atoms with Gasteiger partial charge in [-0.25, -0.2) is 8.42 Å². The Morgan fingerprint density at radius 3 is 2.07 bits per heavy atom. The van der Waals surface area contributed by atoms with Gasteiger partial charge < -0.3 is 4.74 Å². The Labute approximate surface area is 83.4 Å². The highest BCUT2D eigenvalue weighted by atomic mass is 32.2. The smallest absolute Gasteiger partial charge is 0.306 e. The summed E-state index contributed by atoms with van der Waals surface area (Å²) in [5, 5.41) is 0. The minimum absolute atomic E-state index is 0.00348. The van der Waals surface area contributed by atoms with Crippen molar-refractivity contribution in [3.63, 3.8) is 0 Å². The van der Waals surface area contributed by atoms with Gasteiger partial charge in [-0.2, -0.15) is 0 Å². The van der Waals surface area contributed by atoms with Crippen LogP contribution in [0.25, 0.3) is 0 Å². The summed E-state index contributed by atoms with van der Waals surface area (Å²) >= 11 is 0. The number of esters is 1. The summed E-state index contributed by atoms with van der Waals surface area (Å²) in [4.78, 5) is 21.2. The molecule has 0 rings (SSSR count). The normalized spacial score (nSPS) is 11.0. The molecule has 0 radical (unpaired) electrons. The van der Waals surface area contributed by atoms with Crippen molar-refractivity contribution in [2.24, 2.45) is 0 Å². The highest BCUT2D eigenvalue weighted by Gasteiger charge is 2.14. The van der Waals surface area contributed by atoms with Gasteiger partial charge in [0.15, 0.2) is 9.84 Å². The van der Waals surface area contributed by atoms with E-state index in [2.05, 4.69) is 4.74 Å². The summed E-state index contributed by atoms with van der Waals surface area (Å²) in [6, 6.07) is 0. The van der Waals surface area contributed by atoms with Gasteiger partial charge in [-0.1, -0.05) is 0 Å². The number of hydrogen-bond donors (Lipinski definition) is 0. The molecule has 0 aliphatic carbocycles. The number of ketones is 1. The molecule has 0 heterocycles. The predicted octanol–water partition coefficient (Wildman–Crippen LogP) is -0.0566. The van der Waals surface area contributed by atoms with E-state index in [9.17, 15) is 18.0 Å². The fraction of sp³-hybridized carbons (Fsp3) is 0.750. The van der Waals surface area contributed by atoms with E-state index in [4.69, 9.17) is 0 Å². The molecule has 0 atom stereocenters.